The normalized spacial score (nSPS) is 14.0. The van der Waals surface area contributed by atoms with Crippen LogP contribution < -0.4 is 4.74 Å². The van der Waals surface area contributed by atoms with Gasteiger partial charge in [0.15, 0.2) is 5.78 Å². The number of benzene rings is 1. The molecule has 2 heteroatoms. The summed E-state index contributed by atoms with van der Waals surface area (Å²) in [6, 6.07) is 7.40. The van der Waals surface area contributed by atoms with Crippen LogP contribution in [0.5, 0.6) is 5.75 Å². The molecule has 0 aliphatic rings. The predicted octanol–water partition coefficient (Wildman–Crippen LogP) is 4.34. The number of hydrogen-bond donors (Lipinski definition) is 0. The van der Waals surface area contributed by atoms with Crippen molar-refractivity contribution >= 4 is 5.78 Å². The third-order valence-electron chi connectivity index (χ3n) is 3.83. The first kappa shape index (κ1) is 14.7. The number of carbonyl (C=O) groups is 1. The molecule has 1 aromatic rings. The van der Waals surface area contributed by atoms with Crippen molar-refractivity contribution in [3.63, 3.8) is 0 Å². The Morgan fingerprint density at radius 3 is 2.61 bits per heavy atom. The van der Waals surface area contributed by atoms with Gasteiger partial charge in [-0.1, -0.05) is 39.3 Å². The first-order valence-corrected chi connectivity index (χ1v) is 6.75. The van der Waals surface area contributed by atoms with Gasteiger partial charge in [0.1, 0.15) is 5.75 Å². The summed E-state index contributed by atoms with van der Waals surface area (Å²) < 4.78 is 5.13. The van der Waals surface area contributed by atoms with E-state index in [0.29, 0.717) is 18.3 Å². The Morgan fingerprint density at radius 2 is 2.00 bits per heavy atom. The molecule has 100 valence electrons. The lowest BCUT2D eigenvalue weighted by Gasteiger charge is -2.17. The van der Waals surface area contributed by atoms with E-state index in [0.717, 1.165) is 17.7 Å². The Balaban J connectivity index is 2.54. The molecule has 18 heavy (non-hydrogen) atoms. The predicted molar refractivity (Wildman–Crippen MR) is 75.2 cm³/mol. The number of rotatable bonds is 7. The fraction of sp³-hybridized carbons (Fsp3) is 0.562. The Bertz CT molecular complexity index is 384. The van der Waals surface area contributed by atoms with E-state index in [2.05, 4.69) is 20.8 Å². The number of carbonyl (C=O) groups excluding carboxylic acids is 1. The van der Waals surface area contributed by atoms with Crippen molar-refractivity contribution in [3.8, 4) is 5.75 Å². The van der Waals surface area contributed by atoms with Crippen molar-refractivity contribution in [2.75, 3.05) is 7.11 Å². The number of Topliss-reactive ketones (excluding diaryl/α,β-unsaturated/α-hetero) is 1. The monoisotopic (exact) mass is 248 g/mol. The summed E-state index contributed by atoms with van der Waals surface area (Å²) in [6.45, 7) is 6.68. The number of ether oxygens (including phenoxy) is 1. The highest BCUT2D eigenvalue weighted by Crippen LogP contribution is 2.21. The Kier molecular flexibility index (Phi) is 5.90. The Hall–Kier alpha value is -1.31. The highest BCUT2D eigenvalue weighted by Gasteiger charge is 2.13. The molecule has 2 unspecified atom stereocenters. The zero-order valence-corrected chi connectivity index (χ0v) is 11.9. The van der Waals surface area contributed by atoms with Crippen LogP contribution in [0.15, 0.2) is 24.3 Å². The van der Waals surface area contributed by atoms with Gasteiger partial charge in [0.25, 0.3) is 0 Å². The third-order valence-corrected chi connectivity index (χ3v) is 3.83. The largest absolute Gasteiger partial charge is 0.497 e. The van der Waals surface area contributed by atoms with E-state index in [1.165, 1.54) is 6.42 Å². The van der Waals surface area contributed by atoms with Gasteiger partial charge < -0.3 is 4.74 Å². The SMILES string of the molecule is CCC(C)C(C)CCC(=O)c1cccc(OC)c1. The molecule has 0 fully saturated rings. The van der Waals surface area contributed by atoms with E-state index in [4.69, 9.17) is 4.74 Å². The average molecular weight is 248 g/mol. The van der Waals surface area contributed by atoms with Crippen molar-refractivity contribution in [2.24, 2.45) is 11.8 Å². The molecule has 0 radical (unpaired) electrons. The molecule has 0 aliphatic carbocycles. The molecule has 0 saturated carbocycles. The van der Waals surface area contributed by atoms with Crippen molar-refractivity contribution in [1.29, 1.82) is 0 Å². The summed E-state index contributed by atoms with van der Waals surface area (Å²) in [7, 11) is 1.62. The van der Waals surface area contributed by atoms with Crippen LogP contribution in [0.4, 0.5) is 0 Å². The molecule has 2 atom stereocenters. The molecule has 0 aromatic heterocycles. The summed E-state index contributed by atoms with van der Waals surface area (Å²) >= 11 is 0. The zero-order chi connectivity index (χ0) is 13.5. The van der Waals surface area contributed by atoms with Crippen LogP contribution in [0.3, 0.4) is 0 Å². The maximum atomic E-state index is 12.1. The van der Waals surface area contributed by atoms with Gasteiger partial charge in [0.2, 0.25) is 0 Å². The molecular weight excluding hydrogens is 224 g/mol. The van der Waals surface area contributed by atoms with Crippen LogP contribution in [0.25, 0.3) is 0 Å². The summed E-state index contributed by atoms with van der Waals surface area (Å²) in [5, 5.41) is 0. The molecule has 0 amide bonds. The smallest absolute Gasteiger partial charge is 0.163 e. The van der Waals surface area contributed by atoms with E-state index >= 15 is 0 Å². The minimum atomic E-state index is 0.212. The minimum Gasteiger partial charge on any atom is -0.497 e. The van der Waals surface area contributed by atoms with E-state index in [-0.39, 0.29) is 5.78 Å². The molecule has 0 heterocycles. The molecule has 0 N–H and O–H groups in total. The summed E-state index contributed by atoms with van der Waals surface area (Å²) in [6.07, 6.45) is 2.76. The maximum Gasteiger partial charge on any atom is 0.163 e. The third kappa shape index (κ3) is 4.17. The van der Waals surface area contributed by atoms with E-state index < -0.39 is 0 Å². The summed E-state index contributed by atoms with van der Waals surface area (Å²) in [5.41, 5.74) is 0.755. The maximum absolute atomic E-state index is 12.1. The second-order valence-electron chi connectivity index (χ2n) is 5.06. The summed E-state index contributed by atoms with van der Waals surface area (Å²) in [4.78, 5) is 12.1. The van der Waals surface area contributed by atoms with Gasteiger partial charge in [-0.15, -0.1) is 0 Å². The average Bonchev–Trinajstić information content (AvgIpc) is 2.43. The van der Waals surface area contributed by atoms with Crippen molar-refractivity contribution in [3.05, 3.63) is 29.8 Å². The number of methoxy groups -OCH3 is 1. The first-order chi connectivity index (χ1) is 8.58. The van der Waals surface area contributed by atoms with Gasteiger partial charge in [-0.3, -0.25) is 4.79 Å². The summed E-state index contributed by atoms with van der Waals surface area (Å²) in [5.74, 6) is 2.24. The highest BCUT2D eigenvalue weighted by molar-refractivity contribution is 5.96. The fourth-order valence-corrected chi connectivity index (χ4v) is 1.99. The molecule has 2 nitrogen and oxygen atoms in total. The van der Waals surface area contributed by atoms with Gasteiger partial charge >= 0.3 is 0 Å². The molecule has 1 aromatic carbocycles. The fourth-order valence-electron chi connectivity index (χ4n) is 1.99. The van der Waals surface area contributed by atoms with Crippen LogP contribution >= 0.6 is 0 Å². The van der Waals surface area contributed by atoms with Crippen LogP contribution in [0, 0.1) is 11.8 Å². The number of hydrogen-bond acceptors (Lipinski definition) is 2. The van der Waals surface area contributed by atoms with Crippen LogP contribution in [0.2, 0.25) is 0 Å². The van der Waals surface area contributed by atoms with Gasteiger partial charge in [-0.05, 0) is 30.4 Å². The van der Waals surface area contributed by atoms with Crippen LogP contribution in [-0.2, 0) is 0 Å². The lowest BCUT2D eigenvalue weighted by atomic mass is 9.88. The minimum absolute atomic E-state index is 0.212. The number of ketones is 1. The van der Waals surface area contributed by atoms with Crippen LogP contribution in [-0.4, -0.2) is 12.9 Å². The Morgan fingerprint density at radius 1 is 1.28 bits per heavy atom. The first-order valence-electron chi connectivity index (χ1n) is 6.75. The van der Waals surface area contributed by atoms with Crippen LogP contribution in [0.1, 0.15) is 50.4 Å². The van der Waals surface area contributed by atoms with Gasteiger partial charge in [-0.2, -0.15) is 0 Å². The second kappa shape index (κ2) is 7.20. The van der Waals surface area contributed by atoms with Crippen molar-refractivity contribution in [1.82, 2.24) is 0 Å². The second-order valence-corrected chi connectivity index (χ2v) is 5.06. The van der Waals surface area contributed by atoms with E-state index in [9.17, 15) is 4.79 Å². The molecule has 0 bridgehead atoms. The van der Waals surface area contributed by atoms with Gasteiger partial charge in [0.05, 0.1) is 7.11 Å². The Labute approximate surface area is 110 Å². The molecule has 0 saturated heterocycles. The quantitative estimate of drug-likeness (QED) is 0.671. The van der Waals surface area contributed by atoms with Gasteiger partial charge in [-0.25, -0.2) is 0 Å². The molecular formula is C16H24O2. The van der Waals surface area contributed by atoms with Gasteiger partial charge in [0, 0.05) is 12.0 Å². The zero-order valence-electron chi connectivity index (χ0n) is 11.9. The lowest BCUT2D eigenvalue weighted by Crippen LogP contribution is -2.09. The highest BCUT2D eigenvalue weighted by atomic mass is 16.5. The molecule has 0 aliphatic heterocycles. The lowest BCUT2D eigenvalue weighted by molar-refractivity contribution is 0.0970. The molecule has 1 rings (SSSR count). The van der Waals surface area contributed by atoms with E-state index in [1.807, 2.05) is 24.3 Å². The molecule has 0 spiro atoms. The topological polar surface area (TPSA) is 26.3 Å². The standard InChI is InChI=1S/C16H24O2/c1-5-12(2)13(3)9-10-16(17)14-7-6-8-15(11-14)18-4/h6-8,11-13H,5,9-10H2,1-4H3. The van der Waals surface area contributed by atoms with Crippen molar-refractivity contribution in [2.45, 2.75) is 40.0 Å². The van der Waals surface area contributed by atoms with E-state index in [1.54, 1.807) is 7.11 Å². The van der Waals surface area contributed by atoms with Crippen molar-refractivity contribution < 1.29 is 9.53 Å².